The number of ether oxygens (including phenoxy) is 1. The molecule has 0 bridgehead atoms. The van der Waals surface area contributed by atoms with E-state index in [9.17, 15) is 4.79 Å². The summed E-state index contributed by atoms with van der Waals surface area (Å²) in [5.74, 6) is 1.12. The molecule has 0 unspecified atom stereocenters. The van der Waals surface area contributed by atoms with Gasteiger partial charge in [0.1, 0.15) is 5.75 Å². The first-order valence-corrected chi connectivity index (χ1v) is 11.3. The van der Waals surface area contributed by atoms with E-state index in [-0.39, 0.29) is 5.91 Å². The highest BCUT2D eigenvalue weighted by molar-refractivity contribution is 6.30. The van der Waals surface area contributed by atoms with Crippen molar-refractivity contribution in [1.29, 1.82) is 0 Å². The minimum absolute atomic E-state index is 0.00193. The molecule has 166 valence electrons. The van der Waals surface area contributed by atoms with E-state index in [0.29, 0.717) is 12.5 Å². The molecular formula is C26H28ClN3O2. The molecule has 0 spiro atoms. The number of carbonyl (C=O) groups excluding carboxylic acids is 1. The van der Waals surface area contributed by atoms with Gasteiger partial charge in [-0.3, -0.25) is 14.7 Å². The fraction of sp³-hybridized carbons (Fsp3) is 0.308. The Bertz CT molecular complexity index is 1020. The van der Waals surface area contributed by atoms with Gasteiger partial charge in [-0.05, 0) is 79.4 Å². The number of rotatable bonds is 7. The third-order valence-electron chi connectivity index (χ3n) is 5.83. The molecule has 0 saturated carbocycles. The van der Waals surface area contributed by atoms with Crippen molar-refractivity contribution in [3.05, 3.63) is 88.7 Å². The number of likely N-dealkylation sites (tertiary alicyclic amines) is 1. The molecule has 0 radical (unpaired) electrons. The summed E-state index contributed by atoms with van der Waals surface area (Å²) in [5, 5.41) is 3.72. The number of piperidine rings is 1. The van der Waals surface area contributed by atoms with Gasteiger partial charge < -0.3 is 10.1 Å². The molecule has 1 aliphatic heterocycles. The van der Waals surface area contributed by atoms with Crippen LogP contribution in [-0.2, 0) is 11.2 Å². The van der Waals surface area contributed by atoms with Gasteiger partial charge in [0.25, 0.3) is 0 Å². The maximum atomic E-state index is 12.5. The second-order valence-corrected chi connectivity index (χ2v) is 8.68. The highest BCUT2D eigenvalue weighted by Crippen LogP contribution is 2.26. The number of pyridine rings is 1. The molecule has 1 saturated heterocycles. The van der Waals surface area contributed by atoms with Crippen molar-refractivity contribution in [2.45, 2.75) is 25.2 Å². The Morgan fingerprint density at radius 3 is 2.53 bits per heavy atom. The summed E-state index contributed by atoms with van der Waals surface area (Å²) < 4.78 is 5.16. The average molecular weight is 450 g/mol. The fourth-order valence-electron chi connectivity index (χ4n) is 4.14. The molecule has 32 heavy (non-hydrogen) atoms. The molecule has 6 heteroatoms. The van der Waals surface area contributed by atoms with Gasteiger partial charge in [0.05, 0.1) is 13.7 Å². The molecule has 1 amide bonds. The summed E-state index contributed by atoms with van der Waals surface area (Å²) in [6.07, 6.45) is 4.97. The van der Waals surface area contributed by atoms with Crippen LogP contribution in [0.25, 0.3) is 0 Å². The van der Waals surface area contributed by atoms with Gasteiger partial charge in [-0.1, -0.05) is 29.8 Å². The van der Waals surface area contributed by atoms with Crippen molar-refractivity contribution in [1.82, 2.24) is 9.88 Å². The molecule has 2 heterocycles. The number of benzene rings is 2. The molecule has 1 aromatic heterocycles. The van der Waals surface area contributed by atoms with Gasteiger partial charge in [0.2, 0.25) is 5.91 Å². The van der Waals surface area contributed by atoms with E-state index in [1.165, 1.54) is 11.1 Å². The minimum Gasteiger partial charge on any atom is -0.497 e. The van der Waals surface area contributed by atoms with Crippen LogP contribution in [-0.4, -0.2) is 42.5 Å². The second-order valence-electron chi connectivity index (χ2n) is 8.25. The summed E-state index contributed by atoms with van der Waals surface area (Å²) in [6, 6.07) is 19.6. The van der Waals surface area contributed by atoms with Gasteiger partial charge in [-0.15, -0.1) is 0 Å². The number of methoxy groups -OCH3 is 1. The zero-order valence-electron chi connectivity index (χ0n) is 18.3. The van der Waals surface area contributed by atoms with Gasteiger partial charge in [0.15, 0.2) is 0 Å². The number of hydrogen-bond donors (Lipinski definition) is 1. The van der Waals surface area contributed by atoms with E-state index in [4.69, 9.17) is 21.3 Å². The summed E-state index contributed by atoms with van der Waals surface area (Å²) >= 11 is 5.97. The topological polar surface area (TPSA) is 54.5 Å². The number of carbonyl (C=O) groups is 1. The maximum Gasteiger partial charge on any atom is 0.238 e. The van der Waals surface area contributed by atoms with Gasteiger partial charge in [0, 0.05) is 35.1 Å². The highest BCUT2D eigenvalue weighted by atomic mass is 35.5. The highest BCUT2D eigenvalue weighted by Gasteiger charge is 2.23. The number of nitrogens with one attached hydrogen (secondary N) is 1. The van der Waals surface area contributed by atoms with Crippen LogP contribution < -0.4 is 10.1 Å². The Morgan fingerprint density at radius 2 is 1.84 bits per heavy atom. The number of anilines is 1. The zero-order valence-corrected chi connectivity index (χ0v) is 19.0. The van der Waals surface area contributed by atoms with Crippen LogP contribution in [0.1, 0.15) is 35.6 Å². The van der Waals surface area contributed by atoms with Crippen molar-refractivity contribution in [2.75, 3.05) is 32.1 Å². The molecule has 1 N–H and O–H groups in total. The Balaban J connectivity index is 1.30. The lowest BCUT2D eigenvalue weighted by molar-refractivity contribution is -0.117. The summed E-state index contributed by atoms with van der Waals surface area (Å²) in [4.78, 5) is 19.5. The van der Waals surface area contributed by atoms with Crippen molar-refractivity contribution in [3.8, 4) is 5.75 Å². The molecular weight excluding hydrogens is 422 g/mol. The van der Waals surface area contributed by atoms with E-state index < -0.39 is 0 Å². The van der Waals surface area contributed by atoms with Crippen molar-refractivity contribution in [3.63, 3.8) is 0 Å². The first-order valence-electron chi connectivity index (χ1n) is 10.9. The third kappa shape index (κ3) is 6.09. The zero-order chi connectivity index (χ0) is 22.3. The van der Waals surface area contributed by atoms with E-state index in [2.05, 4.69) is 22.3 Å². The van der Waals surface area contributed by atoms with Crippen LogP contribution in [0.3, 0.4) is 0 Å². The minimum atomic E-state index is 0.00193. The van der Waals surface area contributed by atoms with Crippen LogP contribution in [0.15, 0.2) is 66.9 Å². The standard InChI is InChI=1S/C26H28ClN3O2/c1-32-24-11-9-23(10-12-24)29-26(31)18-30-14-2-3-21(17-30)25-13-6-20(16-28-25)15-19-4-7-22(27)8-5-19/h4-13,16,21H,2-3,14-15,17-18H2,1H3,(H,29,31)/t21-/m1/s1. The predicted molar refractivity (Wildman–Crippen MR) is 129 cm³/mol. The predicted octanol–water partition coefficient (Wildman–Crippen LogP) is 5.15. The number of aromatic nitrogens is 1. The first-order chi connectivity index (χ1) is 15.6. The second kappa shape index (κ2) is 10.6. The van der Waals surface area contributed by atoms with E-state index >= 15 is 0 Å². The Labute approximate surface area is 194 Å². The average Bonchev–Trinajstić information content (AvgIpc) is 2.82. The van der Waals surface area contributed by atoms with Crippen LogP contribution >= 0.6 is 11.6 Å². The monoisotopic (exact) mass is 449 g/mol. The largest absolute Gasteiger partial charge is 0.497 e. The number of hydrogen-bond acceptors (Lipinski definition) is 4. The Hall–Kier alpha value is -2.89. The molecule has 3 aromatic rings. The van der Waals surface area contributed by atoms with Crippen molar-refractivity contribution >= 4 is 23.2 Å². The number of amides is 1. The van der Waals surface area contributed by atoms with Gasteiger partial charge in [-0.25, -0.2) is 0 Å². The van der Waals surface area contributed by atoms with Crippen molar-refractivity contribution in [2.24, 2.45) is 0 Å². The molecule has 0 aliphatic carbocycles. The van der Waals surface area contributed by atoms with Crippen LogP contribution in [0.5, 0.6) is 5.75 Å². The quantitative estimate of drug-likeness (QED) is 0.541. The van der Waals surface area contributed by atoms with Gasteiger partial charge >= 0.3 is 0 Å². The van der Waals surface area contributed by atoms with E-state index in [1.54, 1.807) is 7.11 Å². The van der Waals surface area contributed by atoms with Crippen LogP contribution in [0.4, 0.5) is 5.69 Å². The summed E-state index contributed by atoms with van der Waals surface area (Å²) in [7, 11) is 1.63. The molecule has 4 rings (SSSR count). The number of halogens is 1. The molecule has 1 aliphatic rings. The lowest BCUT2D eigenvalue weighted by Crippen LogP contribution is -2.40. The normalized spacial score (nSPS) is 16.5. The lowest BCUT2D eigenvalue weighted by atomic mass is 9.93. The molecule has 1 atom stereocenters. The fourth-order valence-corrected chi connectivity index (χ4v) is 4.26. The molecule has 1 fully saturated rings. The summed E-state index contributed by atoms with van der Waals surface area (Å²) in [5.41, 5.74) is 4.28. The maximum absolute atomic E-state index is 12.5. The SMILES string of the molecule is COc1ccc(NC(=O)CN2CCC[C@@H](c3ccc(Cc4ccc(Cl)cc4)cn3)C2)cc1. The van der Waals surface area contributed by atoms with E-state index in [1.807, 2.05) is 54.7 Å². The smallest absolute Gasteiger partial charge is 0.238 e. The molecule has 2 aromatic carbocycles. The lowest BCUT2D eigenvalue weighted by Gasteiger charge is -2.32. The Morgan fingerprint density at radius 1 is 1.09 bits per heavy atom. The van der Waals surface area contributed by atoms with Gasteiger partial charge in [-0.2, -0.15) is 0 Å². The Kier molecular flexibility index (Phi) is 7.40. The first kappa shape index (κ1) is 22.3. The number of nitrogens with zero attached hydrogens (tertiary/aromatic N) is 2. The van der Waals surface area contributed by atoms with Crippen molar-refractivity contribution < 1.29 is 9.53 Å². The van der Waals surface area contributed by atoms with Crippen LogP contribution in [0.2, 0.25) is 5.02 Å². The third-order valence-corrected chi connectivity index (χ3v) is 6.09. The molecule has 5 nitrogen and oxygen atoms in total. The summed E-state index contributed by atoms with van der Waals surface area (Å²) in [6.45, 7) is 2.16. The van der Waals surface area contributed by atoms with Crippen LogP contribution in [0, 0.1) is 0 Å². The van der Waals surface area contributed by atoms with E-state index in [0.717, 1.165) is 54.5 Å².